The van der Waals surface area contributed by atoms with Crippen LogP contribution in [0.5, 0.6) is 0 Å². The molecule has 8 nitrogen and oxygen atoms in total. The number of benzene rings is 1. The Morgan fingerprint density at radius 3 is 2.61 bits per heavy atom. The highest BCUT2D eigenvalue weighted by Gasteiger charge is 2.35. The van der Waals surface area contributed by atoms with Crippen molar-refractivity contribution in [3.05, 3.63) is 59.7 Å². The molecule has 6 heterocycles. The molecule has 2 saturated heterocycles. The van der Waals surface area contributed by atoms with E-state index >= 15 is 0 Å². The zero-order valence-electron chi connectivity index (χ0n) is 20.7. The number of hydrogen-bond donors (Lipinski definition) is 2. The predicted octanol–water partition coefficient (Wildman–Crippen LogP) is 4.02. The van der Waals surface area contributed by atoms with Crippen molar-refractivity contribution in [3.63, 3.8) is 0 Å². The Bertz CT molecular complexity index is 1490. The minimum Gasteiger partial charge on any atom is -0.322 e. The van der Waals surface area contributed by atoms with Gasteiger partial charge < -0.3 is 15.2 Å². The van der Waals surface area contributed by atoms with Gasteiger partial charge in [-0.2, -0.15) is 0 Å². The van der Waals surface area contributed by atoms with Crippen LogP contribution in [0.4, 0.5) is 24.9 Å². The van der Waals surface area contributed by atoms with E-state index in [0.717, 1.165) is 56.3 Å². The zero-order valence-corrected chi connectivity index (χ0v) is 20.7. The number of anilines is 2. The summed E-state index contributed by atoms with van der Waals surface area (Å²) >= 11 is 0. The van der Waals surface area contributed by atoms with Crippen molar-refractivity contribution >= 4 is 22.8 Å². The minimum absolute atomic E-state index is 0.0562. The number of rotatable bonds is 6. The molecule has 0 spiro atoms. The van der Waals surface area contributed by atoms with Crippen molar-refractivity contribution in [3.8, 4) is 11.3 Å². The van der Waals surface area contributed by atoms with Crippen LogP contribution < -0.4 is 10.6 Å². The minimum atomic E-state index is -0.689. The van der Waals surface area contributed by atoms with E-state index < -0.39 is 24.4 Å². The fourth-order valence-electron chi connectivity index (χ4n) is 6.17. The first-order valence-electron chi connectivity index (χ1n) is 13.0. The molecule has 0 amide bonds. The molecular formula is C27H27F3N8. The normalized spacial score (nSPS) is 22.8. The van der Waals surface area contributed by atoms with Crippen LogP contribution in [0.15, 0.2) is 36.7 Å². The highest BCUT2D eigenvalue weighted by molar-refractivity contribution is 5.83. The number of alkyl halides is 1. The van der Waals surface area contributed by atoms with E-state index in [1.54, 1.807) is 10.6 Å². The van der Waals surface area contributed by atoms with Gasteiger partial charge in [0.15, 0.2) is 11.6 Å². The molecule has 7 rings (SSSR count). The molecule has 3 atom stereocenters. The molecule has 2 N–H and O–H groups in total. The van der Waals surface area contributed by atoms with Gasteiger partial charge >= 0.3 is 0 Å². The van der Waals surface area contributed by atoms with Crippen molar-refractivity contribution in [1.82, 2.24) is 34.7 Å². The van der Waals surface area contributed by atoms with E-state index in [0.29, 0.717) is 30.0 Å². The van der Waals surface area contributed by atoms with Crippen LogP contribution in [0.2, 0.25) is 0 Å². The first-order valence-corrected chi connectivity index (χ1v) is 13.0. The van der Waals surface area contributed by atoms with Crippen molar-refractivity contribution in [1.29, 1.82) is 0 Å². The maximum absolute atomic E-state index is 15.0. The van der Waals surface area contributed by atoms with Crippen LogP contribution >= 0.6 is 0 Å². The number of imidazole rings is 1. The van der Waals surface area contributed by atoms with Gasteiger partial charge in [-0.1, -0.05) is 6.07 Å². The molecule has 2 unspecified atom stereocenters. The molecule has 11 heteroatoms. The highest BCUT2D eigenvalue weighted by Crippen LogP contribution is 2.35. The summed E-state index contributed by atoms with van der Waals surface area (Å²) in [5.74, 6) is 1.50. The Hall–Kier alpha value is -3.57. The van der Waals surface area contributed by atoms with Crippen molar-refractivity contribution in [2.24, 2.45) is 11.8 Å². The quantitative estimate of drug-likeness (QED) is 0.397. The number of halogens is 3. The topological polar surface area (TPSA) is 83.8 Å². The Morgan fingerprint density at radius 1 is 1.00 bits per heavy atom. The molecule has 38 heavy (non-hydrogen) atoms. The molecule has 0 bridgehead atoms. The van der Waals surface area contributed by atoms with Gasteiger partial charge in [-0.25, -0.2) is 33.1 Å². The van der Waals surface area contributed by atoms with Crippen molar-refractivity contribution < 1.29 is 13.2 Å². The van der Waals surface area contributed by atoms with E-state index in [2.05, 4.69) is 35.5 Å². The standard InChI is InChI=1S/C27H27F3N8/c28-7-19-2-4-24-35-26-20(29)5-16(6-22(26)38(19)24)25-21(30)11-33-27(36-25)34-23-3-1-15(8-32-23)12-37-13-17-9-31-10-18(17)14-37/h1,3,5-6,8,11,17-19,31H,2,4,7,9-10,12-14H2,(H,32,33,34,36)/t17?,18?,19-/m0/s1. The molecule has 196 valence electrons. The first kappa shape index (κ1) is 23.5. The van der Waals surface area contributed by atoms with E-state index in [4.69, 9.17) is 0 Å². The number of aromatic nitrogens is 5. The number of fused-ring (bicyclic) bond motifs is 4. The van der Waals surface area contributed by atoms with Crippen LogP contribution in [0, 0.1) is 23.5 Å². The molecule has 4 aromatic rings. The summed E-state index contributed by atoms with van der Waals surface area (Å²) in [7, 11) is 0. The predicted molar refractivity (Wildman–Crippen MR) is 137 cm³/mol. The van der Waals surface area contributed by atoms with E-state index in [1.807, 2.05) is 18.3 Å². The SMILES string of the molecule is FC[C@@H]1CCc2nc3c(F)cc(-c4nc(Nc5ccc(CN6CC7CNCC7C6)cn5)ncc4F)cc3n21. The lowest BCUT2D eigenvalue weighted by Gasteiger charge is -2.17. The summed E-state index contributed by atoms with van der Waals surface area (Å²) in [4.78, 5) is 19.7. The number of nitrogens with one attached hydrogen (secondary N) is 2. The number of pyridine rings is 1. The molecule has 3 aromatic heterocycles. The highest BCUT2D eigenvalue weighted by atomic mass is 19.1. The summed E-state index contributed by atoms with van der Waals surface area (Å²) in [5.41, 5.74) is 1.90. The number of likely N-dealkylation sites (tertiary alicyclic amines) is 1. The number of nitrogens with zero attached hydrogens (tertiary/aromatic N) is 6. The number of hydrogen-bond acceptors (Lipinski definition) is 7. The van der Waals surface area contributed by atoms with Gasteiger partial charge in [0.25, 0.3) is 0 Å². The molecule has 3 aliphatic rings. The van der Waals surface area contributed by atoms with Gasteiger partial charge in [0.05, 0.1) is 17.8 Å². The Labute approximate surface area is 217 Å². The summed E-state index contributed by atoms with van der Waals surface area (Å²) in [6, 6.07) is 6.29. The summed E-state index contributed by atoms with van der Waals surface area (Å²) < 4.78 is 45.1. The van der Waals surface area contributed by atoms with E-state index in [1.165, 1.54) is 6.07 Å². The largest absolute Gasteiger partial charge is 0.322 e. The third-order valence-corrected chi connectivity index (χ3v) is 8.02. The Balaban J connectivity index is 1.11. The average Bonchev–Trinajstić information content (AvgIpc) is 3.68. The summed E-state index contributed by atoms with van der Waals surface area (Å²) in [6.45, 7) is 4.70. The van der Waals surface area contributed by atoms with Crippen LogP contribution in [-0.2, 0) is 13.0 Å². The van der Waals surface area contributed by atoms with Crippen LogP contribution in [0.1, 0.15) is 23.9 Å². The molecule has 0 radical (unpaired) electrons. The lowest BCUT2D eigenvalue weighted by atomic mass is 10.0. The maximum Gasteiger partial charge on any atom is 0.229 e. The molecule has 0 saturated carbocycles. The molecule has 0 aliphatic carbocycles. The van der Waals surface area contributed by atoms with E-state index in [9.17, 15) is 13.2 Å². The fourth-order valence-corrected chi connectivity index (χ4v) is 6.17. The second-order valence-electron chi connectivity index (χ2n) is 10.5. The third kappa shape index (κ3) is 4.10. The van der Waals surface area contributed by atoms with Crippen LogP contribution in [0.3, 0.4) is 0 Å². The average molecular weight is 521 g/mol. The van der Waals surface area contributed by atoms with Crippen LogP contribution in [0.25, 0.3) is 22.3 Å². The van der Waals surface area contributed by atoms with E-state index in [-0.39, 0.29) is 22.7 Å². The van der Waals surface area contributed by atoms with Crippen LogP contribution in [-0.4, -0.2) is 62.3 Å². The third-order valence-electron chi connectivity index (χ3n) is 8.02. The fraction of sp³-hybridized carbons (Fsp3) is 0.407. The van der Waals surface area contributed by atoms with Gasteiger partial charge in [0.2, 0.25) is 5.95 Å². The number of aryl methyl sites for hydroxylation is 1. The second-order valence-corrected chi connectivity index (χ2v) is 10.5. The van der Waals surface area contributed by atoms with Gasteiger partial charge in [-0.05, 0) is 55.1 Å². The van der Waals surface area contributed by atoms with Gasteiger partial charge in [0, 0.05) is 37.8 Å². The molecular weight excluding hydrogens is 493 g/mol. The van der Waals surface area contributed by atoms with Gasteiger partial charge in [0.1, 0.15) is 29.5 Å². The smallest absolute Gasteiger partial charge is 0.229 e. The molecule has 3 aliphatic heterocycles. The monoisotopic (exact) mass is 520 g/mol. The Kier molecular flexibility index (Phi) is 5.77. The summed E-state index contributed by atoms with van der Waals surface area (Å²) in [5, 5.41) is 6.48. The molecule has 2 fully saturated rings. The maximum atomic E-state index is 15.0. The van der Waals surface area contributed by atoms with Gasteiger partial charge in [-0.15, -0.1) is 0 Å². The van der Waals surface area contributed by atoms with Gasteiger partial charge in [-0.3, -0.25) is 4.90 Å². The second kappa shape index (κ2) is 9.32. The molecule has 1 aromatic carbocycles. The lowest BCUT2D eigenvalue weighted by molar-refractivity contribution is 0.305. The van der Waals surface area contributed by atoms with Crippen molar-refractivity contribution in [2.45, 2.75) is 25.4 Å². The summed E-state index contributed by atoms with van der Waals surface area (Å²) in [6.07, 6.45) is 4.06. The van der Waals surface area contributed by atoms with Crippen molar-refractivity contribution in [2.75, 3.05) is 38.2 Å². The lowest BCUT2D eigenvalue weighted by Crippen LogP contribution is -2.25. The first-order chi connectivity index (χ1) is 18.6. The zero-order chi connectivity index (χ0) is 25.8. The Morgan fingerprint density at radius 2 is 1.84 bits per heavy atom.